The average Bonchev–Trinajstić information content (AvgIpc) is 2.60. The van der Waals surface area contributed by atoms with Crippen LogP contribution in [0.4, 0.5) is 0 Å². The SMILES string of the molecule is C=CC(=O)NCCOC1(C)CCCO1. The number of ether oxygens (including phenoxy) is 2. The topological polar surface area (TPSA) is 47.6 Å². The third kappa shape index (κ3) is 3.47. The number of hydrogen-bond acceptors (Lipinski definition) is 3. The van der Waals surface area contributed by atoms with E-state index in [1.165, 1.54) is 6.08 Å². The molecule has 1 aliphatic heterocycles. The minimum absolute atomic E-state index is 0.175. The summed E-state index contributed by atoms with van der Waals surface area (Å²) in [6.07, 6.45) is 3.20. The molecule has 0 aromatic heterocycles. The van der Waals surface area contributed by atoms with Gasteiger partial charge in [0.1, 0.15) is 0 Å². The maximum absolute atomic E-state index is 10.8. The molecule has 1 saturated heterocycles. The third-order valence-corrected chi connectivity index (χ3v) is 2.18. The van der Waals surface area contributed by atoms with E-state index in [9.17, 15) is 4.79 Å². The van der Waals surface area contributed by atoms with Crippen molar-refractivity contribution in [1.29, 1.82) is 0 Å². The lowest BCUT2D eigenvalue weighted by molar-refractivity contribution is -0.196. The minimum Gasteiger partial charge on any atom is -0.350 e. The zero-order valence-electron chi connectivity index (χ0n) is 8.54. The van der Waals surface area contributed by atoms with Gasteiger partial charge in [0.2, 0.25) is 5.91 Å². The largest absolute Gasteiger partial charge is 0.350 e. The first-order valence-electron chi connectivity index (χ1n) is 4.84. The van der Waals surface area contributed by atoms with Gasteiger partial charge < -0.3 is 14.8 Å². The molecule has 0 saturated carbocycles. The lowest BCUT2D eigenvalue weighted by Crippen LogP contribution is -2.32. The fraction of sp³-hybridized carbons (Fsp3) is 0.700. The summed E-state index contributed by atoms with van der Waals surface area (Å²) in [6.45, 7) is 7.00. The van der Waals surface area contributed by atoms with Crippen molar-refractivity contribution < 1.29 is 14.3 Å². The summed E-state index contributed by atoms with van der Waals surface area (Å²) in [5.41, 5.74) is 0. The highest BCUT2D eigenvalue weighted by atomic mass is 16.7. The zero-order chi connectivity index (χ0) is 10.4. The highest BCUT2D eigenvalue weighted by molar-refractivity contribution is 5.86. The Morgan fingerprint density at radius 1 is 1.79 bits per heavy atom. The molecule has 1 unspecified atom stereocenters. The van der Waals surface area contributed by atoms with E-state index in [2.05, 4.69) is 11.9 Å². The predicted molar refractivity (Wildman–Crippen MR) is 52.7 cm³/mol. The second-order valence-electron chi connectivity index (χ2n) is 3.43. The number of nitrogens with one attached hydrogen (secondary N) is 1. The van der Waals surface area contributed by atoms with Gasteiger partial charge in [-0.3, -0.25) is 4.79 Å². The smallest absolute Gasteiger partial charge is 0.243 e. The van der Waals surface area contributed by atoms with E-state index in [4.69, 9.17) is 9.47 Å². The molecule has 1 atom stereocenters. The van der Waals surface area contributed by atoms with Crippen LogP contribution in [0, 0.1) is 0 Å². The van der Waals surface area contributed by atoms with Crippen molar-refractivity contribution in [2.75, 3.05) is 19.8 Å². The van der Waals surface area contributed by atoms with Crippen molar-refractivity contribution >= 4 is 5.91 Å². The first-order chi connectivity index (χ1) is 6.66. The molecule has 1 aliphatic rings. The molecular weight excluding hydrogens is 182 g/mol. The van der Waals surface area contributed by atoms with Crippen LogP contribution in [-0.4, -0.2) is 31.5 Å². The van der Waals surface area contributed by atoms with Gasteiger partial charge >= 0.3 is 0 Å². The Morgan fingerprint density at radius 2 is 2.57 bits per heavy atom. The zero-order valence-corrected chi connectivity index (χ0v) is 8.54. The second kappa shape index (κ2) is 5.12. The Kier molecular flexibility index (Phi) is 4.10. The molecule has 0 aromatic carbocycles. The predicted octanol–water partition coefficient (Wildman–Crippen LogP) is 0.832. The van der Waals surface area contributed by atoms with Crippen LogP contribution in [0.25, 0.3) is 0 Å². The van der Waals surface area contributed by atoms with Crippen LogP contribution >= 0.6 is 0 Å². The first-order valence-corrected chi connectivity index (χ1v) is 4.84. The highest BCUT2D eigenvalue weighted by Gasteiger charge is 2.30. The molecule has 0 radical (unpaired) electrons. The van der Waals surface area contributed by atoms with Crippen molar-refractivity contribution in [3.05, 3.63) is 12.7 Å². The van der Waals surface area contributed by atoms with Gasteiger partial charge in [-0.1, -0.05) is 6.58 Å². The fourth-order valence-electron chi connectivity index (χ4n) is 1.38. The van der Waals surface area contributed by atoms with Crippen LogP contribution in [0.1, 0.15) is 19.8 Å². The van der Waals surface area contributed by atoms with E-state index >= 15 is 0 Å². The molecule has 1 heterocycles. The molecule has 1 rings (SSSR count). The quantitative estimate of drug-likeness (QED) is 0.527. The molecule has 0 aromatic rings. The lowest BCUT2D eigenvalue weighted by atomic mass is 10.2. The summed E-state index contributed by atoms with van der Waals surface area (Å²) < 4.78 is 10.9. The Bertz CT molecular complexity index is 209. The molecule has 4 heteroatoms. The van der Waals surface area contributed by atoms with Crippen molar-refractivity contribution in [1.82, 2.24) is 5.32 Å². The van der Waals surface area contributed by atoms with Gasteiger partial charge in [-0.2, -0.15) is 0 Å². The van der Waals surface area contributed by atoms with Gasteiger partial charge in [0.05, 0.1) is 13.2 Å². The normalized spacial score (nSPS) is 26.1. The summed E-state index contributed by atoms with van der Waals surface area (Å²) in [7, 11) is 0. The van der Waals surface area contributed by atoms with Crippen LogP contribution in [0.5, 0.6) is 0 Å². The number of carbonyl (C=O) groups is 1. The molecule has 0 spiro atoms. The molecule has 80 valence electrons. The Balaban J connectivity index is 2.08. The summed E-state index contributed by atoms with van der Waals surface area (Å²) in [6, 6.07) is 0. The van der Waals surface area contributed by atoms with Crippen LogP contribution in [0.2, 0.25) is 0 Å². The summed E-state index contributed by atoms with van der Waals surface area (Å²) in [5.74, 6) is -0.620. The molecule has 0 bridgehead atoms. The number of amides is 1. The van der Waals surface area contributed by atoms with Crippen LogP contribution < -0.4 is 5.32 Å². The van der Waals surface area contributed by atoms with E-state index in [0.29, 0.717) is 13.2 Å². The van der Waals surface area contributed by atoms with Gasteiger partial charge in [0, 0.05) is 13.0 Å². The number of rotatable bonds is 5. The molecule has 1 amide bonds. The van der Waals surface area contributed by atoms with Gasteiger partial charge in [-0.05, 0) is 19.4 Å². The fourth-order valence-corrected chi connectivity index (χ4v) is 1.38. The Hall–Kier alpha value is -0.870. The van der Waals surface area contributed by atoms with E-state index in [0.717, 1.165) is 19.4 Å². The molecular formula is C10H17NO3. The Labute approximate surface area is 84.3 Å². The van der Waals surface area contributed by atoms with Crippen molar-refractivity contribution in [3.8, 4) is 0 Å². The average molecular weight is 199 g/mol. The number of carbonyl (C=O) groups excluding carboxylic acids is 1. The number of hydrogen-bond donors (Lipinski definition) is 1. The van der Waals surface area contributed by atoms with Crippen molar-refractivity contribution in [3.63, 3.8) is 0 Å². The van der Waals surface area contributed by atoms with Crippen molar-refractivity contribution in [2.45, 2.75) is 25.6 Å². The molecule has 4 nitrogen and oxygen atoms in total. The van der Waals surface area contributed by atoms with Gasteiger partial charge in [0.15, 0.2) is 5.79 Å². The summed E-state index contributed by atoms with van der Waals surface area (Å²) in [4.78, 5) is 10.8. The molecule has 0 aliphatic carbocycles. The van der Waals surface area contributed by atoms with Gasteiger partial charge in [-0.15, -0.1) is 0 Å². The Morgan fingerprint density at radius 3 is 3.14 bits per heavy atom. The van der Waals surface area contributed by atoms with Crippen molar-refractivity contribution in [2.24, 2.45) is 0 Å². The maximum atomic E-state index is 10.8. The molecule has 14 heavy (non-hydrogen) atoms. The third-order valence-electron chi connectivity index (χ3n) is 2.18. The molecule has 1 fully saturated rings. The standard InChI is InChI=1S/C10H17NO3/c1-3-9(12)11-6-8-14-10(2)5-4-7-13-10/h3H,1,4-8H2,2H3,(H,11,12). The monoisotopic (exact) mass is 199 g/mol. The van der Waals surface area contributed by atoms with E-state index < -0.39 is 5.79 Å². The first kappa shape index (κ1) is 11.2. The van der Waals surface area contributed by atoms with Gasteiger partial charge in [-0.25, -0.2) is 0 Å². The maximum Gasteiger partial charge on any atom is 0.243 e. The van der Waals surface area contributed by atoms with Gasteiger partial charge in [0.25, 0.3) is 0 Å². The van der Waals surface area contributed by atoms with E-state index in [-0.39, 0.29) is 5.91 Å². The summed E-state index contributed by atoms with van der Waals surface area (Å²) in [5, 5.41) is 2.64. The van der Waals surface area contributed by atoms with E-state index in [1.807, 2.05) is 6.92 Å². The van der Waals surface area contributed by atoms with E-state index in [1.54, 1.807) is 0 Å². The minimum atomic E-state index is -0.446. The van der Waals surface area contributed by atoms with Crippen LogP contribution in [0.3, 0.4) is 0 Å². The lowest BCUT2D eigenvalue weighted by Gasteiger charge is -2.23. The van der Waals surface area contributed by atoms with Crippen LogP contribution in [0.15, 0.2) is 12.7 Å². The van der Waals surface area contributed by atoms with Crippen LogP contribution in [-0.2, 0) is 14.3 Å². The second-order valence-corrected chi connectivity index (χ2v) is 3.43. The summed E-state index contributed by atoms with van der Waals surface area (Å²) >= 11 is 0. The molecule has 1 N–H and O–H groups in total. The highest BCUT2D eigenvalue weighted by Crippen LogP contribution is 2.25.